The van der Waals surface area contributed by atoms with Crippen molar-refractivity contribution in [2.24, 2.45) is 9.98 Å². The molecule has 0 amide bonds. The van der Waals surface area contributed by atoms with Gasteiger partial charge in [0, 0.05) is 5.69 Å². The molecule has 1 heterocycles. The normalized spacial score (nSPS) is 16.4. The molecule has 0 aromatic heterocycles. The summed E-state index contributed by atoms with van der Waals surface area (Å²) in [6.07, 6.45) is -4.48. The minimum Gasteiger partial charge on any atom is -0.334 e. The van der Waals surface area contributed by atoms with Crippen LogP contribution in [0.3, 0.4) is 0 Å². The number of nitrogens with one attached hydrogen (secondary N) is 1. The number of halogens is 4. The largest absolute Gasteiger partial charge is 0.417 e. The number of Topliss-reactive ketones (excluding diaryl/α,β-unsaturated/α-hetero) is 1. The Balaban J connectivity index is 2.03. The van der Waals surface area contributed by atoms with Gasteiger partial charge in [-0.1, -0.05) is 11.6 Å². The van der Waals surface area contributed by atoms with Crippen LogP contribution in [0.2, 0.25) is 5.02 Å². The van der Waals surface area contributed by atoms with E-state index in [-0.39, 0.29) is 17.4 Å². The van der Waals surface area contributed by atoms with Crippen LogP contribution in [0.15, 0.2) is 28.2 Å². The summed E-state index contributed by atoms with van der Waals surface area (Å²) in [6.45, 7) is 1.48. The van der Waals surface area contributed by atoms with Gasteiger partial charge in [0.05, 0.1) is 10.6 Å². The molecule has 9 heteroatoms. The smallest absolute Gasteiger partial charge is 0.334 e. The molecule has 0 atom stereocenters. The number of benzene rings is 1. The van der Waals surface area contributed by atoms with Gasteiger partial charge in [0.25, 0.3) is 0 Å². The van der Waals surface area contributed by atoms with Crippen molar-refractivity contribution in [3.8, 4) is 0 Å². The van der Waals surface area contributed by atoms with E-state index < -0.39 is 11.7 Å². The topological polar surface area (TPSA) is 53.8 Å². The molecule has 0 spiro atoms. The fourth-order valence-electron chi connectivity index (χ4n) is 1.43. The third kappa shape index (κ3) is 4.21. The highest BCUT2D eigenvalue weighted by molar-refractivity contribution is 8.29. The van der Waals surface area contributed by atoms with Crippen LogP contribution >= 0.6 is 23.4 Å². The number of alkyl halides is 3. The van der Waals surface area contributed by atoms with E-state index in [1.165, 1.54) is 30.8 Å². The van der Waals surface area contributed by atoms with Crippen LogP contribution in [0.4, 0.5) is 18.9 Å². The molecule has 1 N–H and O–H groups in total. The third-order valence-electron chi connectivity index (χ3n) is 2.35. The highest BCUT2D eigenvalue weighted by atomic mass is 35.5. The SMILES string of the molecule is CC(=O)CN=C1N=C(Nc2ccc(C(F)(F)F)c(Cl)c2)S1. The Labute approximate surface area is 127 Å². The number of nitrogens with zero attached hydrogens (tertiary/aromatic N) is 2. The van der Waals surface area contributed by atoms with Crippen molar-refractivity contribution in [1.82, 2.24) is 0 Å². The number of amidine groups is 2. The maximum absolute atomic E-state index is 12.5. The first-order valence-electron chi connectivity index (χ1n) is 5.70. The van der Waals surface area contributed by atoms with E-state index >= 15 is 0 Å². The number of anilines is 1. The first kappa shape index (κ1) is 15.8. The molecule has 4 nitrogen and oxygen atoms in total. The number of ketones is 1. The average Bonchev–Trinajstić information content (AvgIpc) is 2.29. The maximum Gasteiger partial charge on any atom is 0.417 e. The number of carbonyl (C=O) groups is 1. The predicted octanol–water partition coefficient (Wildman–Crippen LogP) is 3.82. The zero-order valence-corrected chi connectivity index (χ0v) is 12.2. The summed E-state index contributed by atoms with van der Waals surface area (Å²) < 4.78 is 37.6. The number of carbonyl (C=O) groups excluding carboxylic acids is 1. The lowest BCUT2D eigenvalue weighted by molar-refractivity contribution is -0.137. The van der Waals surface area contributed by atoms with Crippen LogP contribution in [-0.4, -0.2) is 22.7 Å². The van der Waals surface area contributed by atoms with Crippen molar-refractivity contribution in [2.45, 2.75) is 13.1 Å². The van der Waals surface area contributed by atoms with Crippen LogP contribution in [0.25, 0.3) is 0 Å². The Morgan fingerprint density at radius 2 is 2.14 bits per heavy atom. The molecular weight excluding hydrogens is 327 g/mol. The van der Waals surface area contributed by atoms with Gasteiger partial charge >= 0.3 is 6.18 Å². The van der Waals surface area contributed by atoms with E-state index in [1.54, 1.807) is 0 Å². The Hall–Kier alpha value is -1.54. The van der Waals surface area contributed by atoms with Gasteiger partial charge in [-0.2, -0.15) is 18.2 Å². The molecule has 2 rings (SSSR count). The average molecular weight is 336 g/mol. The summed E-state index contributed by atoms with van der Waals surface area (Å²) in [5, 5.41) is 3.35. The molecule has 0 bridgehead atoms. The maximum atomic E-state index is 12.5. The molecule has 1 aliphatic rings. The number of rotatable bonds is 3. The van der Waals surface area contributed by atoms with E-state index in [4.69, 9.17) is 11.6 Å². The van der Waals surface area contributed by atoms with Crippen LogP contribution in [0, 0.1) is 0 Å². The minimum atomic E-state index is -4.48. The molecule has 0 aliphatic carbocycles. The van der Waals surface area contributed by atoms with E-state index in [1.807, 2.05) is 0 Å². The van der Waals surface area contributed by atoms with Crippen molar-refractivity contribution in [2.75, 3.05) is 11.9 Å². The van der Waals surface area contributed by atoms with Gasteiger partial charge in [0.1, 0.15) is 6.54 Å². The monoisotopic (exact) mass is 335 g/mol. The number of hydrogen-bond acceptors (Lipinski definition) is 4. The summed E-state index contributed by atoms with van der Waals surface area (Å²) >= 11 is 6.80. The molecule has 0 unspecified atom stereocenters. The van der Waals surface area contributed by atoms with Crippen LogP contribution in [0.5, 0.6) is 0 Å². The fourth-order valence-corrected chi connectivity index (χ4v) is 2.32. The summed E-state index contributed by atoms with van der Waals surface area (Å²) in [4.78, 5) is 18.6. The Morgan fingerprint density at radius 3 is 2.67 bits per heavy atom. The molecule has 0 fully saturated rings. The fraction of sp³-hybridized carbons (Fsp3) is 0.250. The van der Waals surface area contributed by atoms with E-state index in [2.05, 4.69) is 15.3 Å². The van der Waals surface area contributed by atoms with E-state index in [0.29, 0.717) is 16.0 Å². The summed E-state index contributed by atoms with van der Waals surface area (Å²) in [7, 11) is 0. The van der Waals surface area contributed by atoms with Gasteiger partial charge in [-0.3, -0.25) is 9.79 Å². The molecular formula is C12H9ClF3N3OS. The Bertz CT molecular complexity index is 643. The quantitative estimate of drug-likeness (QED) is 0.913. The molecule has 0 saturated heterocycles. The van der Waals surface area contributed by atoms with E-state index in [9.17, 15) is 18.0 Å². The van der Waals surface area contributed by atoms with Crippen molar-refractivity contribution in [3.63, 3.8) is 0 Å². The van der Waals surface area contributed by atoms with Crippen molar-refractivity contribution in [1.29, 1.82) is 0 Å². The van der Waals surface area contributed by atoms with Crippen molar-refractivity contribution in [3.05, 3.63) is 28.8 Å². The van der Waals surface area contributed by atoms with Crippen molar-refractivity contribution < 1.29 is 18.0 Å². The standard InChI is InChI=1S/C12H9ClF3N3OS/c1-6(20)5-17-10-19-11(21-10)18-7-2-3-8(9(13)4-7)12(14,15)16/h2-4H,5H2,1H3,(H,17,18,19). The second-order valence-corrected chi connectivity index (χ2v) is 5.50. The highest BCUT2D eigenvalue weighted by Gasteiger charge is 2.33. The highest BCUT2D eigenvalue weighted by Crippen LogP contribution is 2.36. The van der Waals surface area contributed by atoms with Crippen LogP contribution < -0.4 is 5.32 Å². The number of aliphatic imine (C=N–C) groups is 2. The van der Waals surface area contributed by atoms with Crippen LogP contribution in [0.1, 0.15) is 12.5 Å². The summed E-state index contributed by atoms with van der Waals surface area (Å²) in [6, 6.07) is 3.35. The molecule has 1 aliphatic heterocycles. The summed E-state index contributed by atoms with van der Waals surface area (Å²) in [5.41, 5.74) is -0.494. The van der Waals surface area contributed by atoms with Gasteiger partial charge < -0.3 is 5.32 Å². The predicted molar refractivity (Wildman–Crippen MR) is 78.1 cm³/mol. The minimum absolute atomic E-state index is 0.0607. The number of hydrogen-bond donors (Lipinski definition) is 1. The van der Waals surface area contributed by atoms with Crippen molar-refractivity contribution >= 4 is 45.2 Å². The first-order chi connectivity index (χ1) is 9.75. The van der Waals surface area contributed by atoms with Gasteiger partial charge in [-0.05, 0) is 36.9 Å². The molecule has 112 valence electrons. The van der Waals surface area contributed by atoms with Gasteiger partial charge in [-0.25, -0.2) is 0 Å². The van der Waals surface area contributed by atoms with Crippen LogP contribution in [-0.2, 0) is 11.0 Å². The second-order valence-electron chi connectivity index (χ2n) is 4.14. The lowest BCUT2D eigenvalue weighted by Gasteiger charge is -2.17. The Kier molecular flexibility index (Phi) is 4.58. The number of thioether (sulfide) groups is 1. The third-order valence-corrected chi connectivity index (χ3v) is 3.45. The lowest BCUT2D eigenvalue weighted by Crippen LogP contribution is -2.20. The zero-order valence-electron chi connectivity index (χ0n) is 10.7. The van der Waals surface area contributed by atoms with E-state index in [0.717, 1.165) is 6.07 Å². The first-order valence-corrected chi connectivity index (χ1v) is 6.89. The molecule has 1 aromatic rings. The molecule has 21 heavy (non-hydrogen) atoms. The molecule has 0 radical (unpaired) electrons. The Morgan fingerprint density at radius 1 is 1.48 bits per heavy atom. The molecule has 1 aromatic carbocycles. The zero-order chi connectivity index (χ0) is 15.6. The van der Waals surface area contributed by atoms with Gasteiger partial charge in [-0.15, -0.1) is 0 Å². The van der Waals surface area contributed by atoms with Gasteiger partial charge in [0.15, 0.2) is 16.1 Å². The molecule has 0 saturated carbocycles. The lowest BCUT2D eigenvalue weighted by atomic mass is 10.2. The second kappa shape index (κ2) is 6.07. The van der Waals surface area contributed by atoms with Gasteiger partial charge in [0.2, 0.25) is 0 Å². The summed E-state index contributed by atoms with van der Waals surface area (Å²) in [5.74, 6) is -0.0748.